The highest BCUT2D eigenvalue weighted by Crippen LogP contribution is 2.19. The molecule has 0 heterocycles. The van der Waals surface area contributed by atoms with Crippen LogP contribution in [0.25, 0.3) is 0 Å². The van der Waals surface area contributed by atoms with Gasteiger partial charge in [0.2, 0.25) is 5.91 Å². The summed E-state index contributed by atoms with van der Waals surface area (Å²) in [7, 11) is 0. The van der Waals surface area contributed by atoms with Crippen LogP contribution >= 0.6 is 11.6 Å². The average Bonchev–Trinajstić information content (AvgIpc) is 2.56. The van der Waals surface area contributed by atoms with Gasteiger partial charge in [0, 0.05) is 28.8 Å². The normalized spacial score (nSPS) is 10.2. The molecule has 0 saturated heterocycles. The van der Waals surface area contributed by atoms with E-state index >= 15 is 0 Å². The van der Waals surface area contributed by atoms with Gasteiger partial charge in [0.1, 0.15) is 5.82 Å². The number of halogens is 2. The minimum Gasteiger partial charge on any atom is -0.457 e. The number of esters is 1. The zero-order valence-electron chi connectivity index (χ0n) is 13.3. The quantitative estimate of drug-likeness (QED) is 0.630. The molecule has 130 valence electrons. The van der Waals surface area contributed by atoms with Crippen molar-refractivity contribution in [3.05, 3.63) is 64.4 Å². The molecule has 2 aromatic carbocycles. The maximum absolute atomic E-state index is 13.6. The Bertz CT molecular complexity index is 785. The summed E-state index contributed by atoms with van der Waals surface area (Å²) < 4.78 is 18.5. The lowest BCUT2D eigenvalue weighted by molar-refractivity contribution is -0.141. The lowest BCUT2D eigenvalue weighted by Crippen LogP contribution is -2.16. The number of rotatable bonds is 6. The van der Waals surface area contributed by atoms with Crippen LogP contribution in [0.4, 0.5) is 10.1 Å². The van der Waals surface area contributed by atoms with Gasteiger partial charge in [-0.1, -0.05) is 17.7 Å². The second-order valence-corrected chi connectivity index (χ2v) is 5.63. The zero-order valence-corrected chi connectivity index (χ0v) is 14.1. The third-order valence-corrected chi connectivity index (χ3v) is 3.63. The van der Waals surface area contributed by atoms with Crippen molar-refractivity contribution in [2.75, 3.05) is 11.9 Å². The lowest BCUT2D eigenvalue weighted by Gasteiger charge is -2.07. The fourth-order valence-electron chi connectivity index (χ4n) is 2.07. The van der Waals surface area contributed by atoms with Gasteiger partial charge in [0.15, 0.2) is 12.4 Å². The second-order valence-electron chi connectivity index (χ2n) is 5.22. The van der Waals surface area contributed by atoms with E-state index in [9.17, 15) is 18.8 Å². The van der Waals surface area contributed by atoms with Crippen molar-refractivity contribution in [1.82, 2.24) is 0 Å². The molecule has 1 amide bonds. The number of benzene rings is 2. The summed E-state index contributed by atoms with van der Waals surface area (Å²) in [6.45, 7) is 0.907. The third kappa shape index (κ3) is 5.39. The number of Topliss-reactive ketones (excluding diaryl/α,β-unsaturated/α-hetero) is 1. The first-order chi connectivity index (χ1) is 11.9. The van der Waals surface area contributed by atoms with Gasteiger partial charge in [-0.25, -0.2) is 4.39 Å². The van der Waals surface area contributed by atoms with Crippen LogP contribution in [0.1, 0.15) is 22.8 Å². The third-order valence-electron chi connectivity index (χ3n) is 3.27. The van der Waals surface area contributed by atoms with E-state index in [1.807, 2.05) is 0 Å². The van der Waals surface area contributed by atoms with Crippen molar-refractivity contribution in [2.24, 2.45) is 0 Å². The Morgan fingerprint density at radius 3 is 2.40 bits per heavy atom. The fourth-order valence-corrected chi connectivity index (χ4v) is 2.30. The Labute approximate surface area is 148 Å². The van der Waals surface area contributed by atoms with E-state index in [1.54, 1.807) is 12.1 Å². The lowest BCUT2D eigenvalue weighted by atomic mass is 10.1. The molecule has 5 nitrogen and oxygen atoms in total. The number of ether oxygens (including phenoxy) is 1. The van der Waals surface area contributed by atoms with Gasteiger partial charge in [-0.3, -0.25) is 14.4 Å². The van der Waals surface area contributed by atoms with Crippen molar-refractivity contribution in [1.29, 1.82) is 0 Å². The molecule has 0 aliphatic carbocycles. The highest BCUT2D eigenvalue weighted by molar-refractivity contribution is 6.31. The van der Waals surface area contributed by atoms with Crippen LogP contribution in [0, 0.1) is 5.82 Å². The molecule has 1 N–H and O–H groups in total. The van der Waals surface area contributed by atoms with Gasteiger partial charge in [-0.05, 0) is 36.4 Å². The van der Waals surface area contributed by atoms with Gasteiger partial charge in [-0.2, -0.15) is 0 Å². The number of hydrogen-bond acceptors (Lipinski definition) is 4. The van der Waals surface area contributed by atoms with Crippen molar-refractivity contribution in [2.45, 2.75) is 13.3 Å². The molecule has 0 aliphatic rings. The fraction of sp³-hybridized carbons (Fsp3) is 0.167. The Hall–Kier alpha value is -2.73. The van der Waals surface area contributed by atoms with E-state index in [1.165, 1.54) is 37.3 Å². The SMILES string of the molecule is CC(=O)Nc1ccc(C(=O)COC(=O)Cc2c(F)cccc2Cl)cc1. The van der Waals surface area contributed by atoms with Crippen LogP contribution in [-0.4, -0.2) is 24.3 Å². The van der Waals surface area contributed by atoms with Crippen molar-refractivity contribution in [3.8, 4) is 0 Å². The molecule has 0 fully saturated rings. The number of carbonyl (C=O) groups is 3. The molecule has 0 radical (unpaired) electrons. The van der Waals surface area contributed by atoms with E-state index < -0.39 is 24.2 Å². The summed E-state index contributed by atoms with van der Waals surface area (Å²) in [5.41, 5.74) is 0.905. The molecule has 0 atom stereocenters. The summed E-state index contributed by atoms with van der Waals surface area (Å²) >= 11 is 5.84. The molecule has 25 heavy (non-hydrogen) atoms. The molecule has 7 heteroatoms. The van der Waals surface area contributed by atoms with Crippen molar-refractivity contribution >= 4 is 34.9 Å². The van der Waals surface area contributed by atoms with E-state index in [0.29, 0.717) is 11.3 Å². The largest absolute Gasteiger partial charge is 0.457 e. The smallest absolute Gasteiger partial charge is 0.310 e. The maximum Gasteiger partial charge on any atom is 0.310 e. The Morgan fingerprint density at radius 1 is 1.12 bits per heavy atom. The van der Waals surface area contributed by atoms with Gasteiger partial charge in [-0.15, -0.1) is 0 Å². The van der Waals surface area contributed by atoms with Gasteiger partial charge < -0.3 is 10.1 Å². The van der Waals surface area contributed by atoms with Crippen LogP contribution in [-0.2, 0) is 20.7 Å². The standard InChI is InChI=1S/C18H15ClFNO4/c1-11(22)21-13-7-5-12(6-8-13)17(23)10-25-18(24)9-14-15(19)3-2-4-16(14)20/h2-8H,9-10H2,1H3,(H,21,22). The zero-order chi connectivity index (χ0) is 18.4. The minimum absolute atomic E-state index is 0.0290. The van der Waals surface area contributed by atoms with Gasteiger partial charge >= 0.3 is 5.97 Å². The number of nitrogens with one attached hydrogen (secondary N) is 1. The average molecular weight is 364 g/mol. The first-order valence-corrected chi connectivity index (χ1v) is 7.74. The molecule has 0 aliphatic heterocycles. The maximum atomic E-state index is 13.6. The topological polar surface area (TPSA) is 72.5 Å². The van der Waals surface area contributed by atoms with E-state index in [4.69, 9.17) is 16.3 Å². The molecular weight excluding hydrogens is 349 g/mol. The monoisotopic (exact) mass is 363 g/mol. The molecule has 0 bridgehead atoms. The molecule has 2 aromatic rings. The van der Waals surface area contributed by atoms with Gasteiger partial charge in [0.25, 0.3) is 0 Å². The highest BCUT2D eigenvalue weighted by Gasteiger charge is 2.15. The van der Waals surface area contributed by atoms with Crippen LogP contribution < -0.4 is 5.32 Å². The van der Waals surface area contributed by atoms with Crippen LogP contribution in [0.5, 0.6) is 0 Å². The summed E-state index contributed by atoms with van der Waals surface area (Å²) in [5, 5.41) is 2.70. The molecular formula is C18H15ClFNO4. The minimum atomic E-state index is -0.754. The Balaban J connectivity index is 1.91. The number of anilines is 1. The molecule has 2 rings (SSSR count). The number of hydrogen-bond donors (Lipinski definition) is 1. The van der Waals surface area contributed by atoms with E-state index in [-0.39, 0.29) is 22.9 Å². The summed E-state index contributed by atoms with van der Waals surface area (Å²) in [6, 6.07) is 10.2. The molecule has 0 saturated carbocycles. The highest BCUT2D eigenvalue weighted by atomic mass is 35.5. The molecule has 0 spiro atoms. The van der Waals surface area contributed by atoms with E-state index in [2.05, 4.69) is 5.32 Å². The summed E-state index contributed by atoms with van der Waals surface area (Å²) in [4.78, 5) is 34.7. The first kappa shape index (κ1) is 18.6. The predicted octanol–water partition coefficient (Wildman–Crippen LogP) is 3.41. The van der Waals surface area contributed by atoms with Crippen LogP contribution in [0.3, 0.4) is 0 Å². The molecule has 0 aromatic heterocycles. The Morgan fingerprint density at radius 2 is 1.80 bits per heavy atom. The summed E-state index contributed by atoms with van der Waals surface area (Å²) in [5.74, 6) is -2.00. The van der Waals surface area contributed by atoms with Crippen LogP contribution in [0.15, 0.2) is 42.5 Å². The van der Waals surface area contributed by atoms with Crippen molar-refractivity contribution < 1.29 is 23.5 Å². The molecule has 0 unspecified atom stereocenters. The number of carbonyl (C=O) groups excluding carboxylic acids is 3. The van der Waals surface area contributed by atoms with Crippen LogP contribution in [0.2, 0.25) is 5.02 Å². The Kier molecular flexibility index (Phi) is 6.25. The van der Waals surface area contributed by atoms with Crippen molar-refractivity contribution in [3.63, 3.8) is 0 Å². The second kappa shape index (κ2) is 8.39. The number of ketones is 1. The first-order valence-electron chi connectivity index (χ1n) is 7.36. The summed E-state index contributed by atoms with van der Waals surface area (Å²) in [6.07, 6.45) is -0.361. The predicted molar refractivity (Wildman–Crippen MR) is 91.1 cm³/mol. The number of amides is 1. The van der Waals surface area contributed by atoms with E-state index in [0.717, 1.165) is 0 Å². The van der Waals surface area contributed by atoms with Gasteiger partial charge in [0.05, 0.1) is 6.42 Å².